The van der Waals surface area contributed by atoms with Crippen molar-refractivity contribution in [2.24, 2.45) is 0 Å². The number of ether oxygens (including phenoxy) is 2. The average Bonchev–Trinajstić information content (AvgIpc) is 2.47. The van der Waals surface area contributed by atoms with E-state index in [1.807, 2.05) is 31.2 Å². The molecule has 0 aliphatic heterocycles. The van der Waals surface area contributed by atoms with Gasteiger partial charge in [-0.05, 0) is 55.5 Å². The lowest BCUT2D eigenvalue weighted by Gasteiger charge is -2.07. The first-order valence-electron chi connectivity index (χ1n) is 6.57. The maximum absolute atomic E-state index is 12.0. The highest BCUT2D eigenvalue weighted by Crippen LogP contribution is 2.22. The van der Waals surface area contributed by atoms with Gasteiger partial charge in [0.15, 0.2) is 0 Å². The van der Waals surface area contributed by atoms with E-state index < -0.39 is 6.36 Å². The summed E-state index contributed by atoms with van der Waals surface area (Å²) in [6.07, 6.45) is -4.69. The van der Waals surface area contributed by atoms with Crippen LogP contribution in [0, 0.1) is 11.8 Å². The Hall–Kier alpha value is -2.61. The first-order valence-corrected chi connectivity index (χ1v) is 6.57. The molecule has 0 aliphatic carbocycles. The molecule has 2 aromatic carbocycles. The van der Waals surface area contributed by atoms with Crippen LogP contribution < -0.4 is 9.47 Å². The molecular weight excluding hydrogens is 293 g/mol. The van der Waals surface area contributed by atoms with Crippen molar-refractivity contribution < 1.29 is 22.6 Å². The Morgan fingerprint density at radius 1 is 0.818 bits per heavy atom. The molecule has 0 bridgehead atoms. The van der Waals surface area contributed by atoms with E-state index in [-0.39, 0.29) is 5.75 Å². The van der Waals surface area contributed by atoms with E-state index in [2.05, 4.69) is 16.6 Å². The zero-order chi connectivity index (χ0) is 16.0. The molecule has 114 valence electrons. The van der Waals surface area contributed by atoms with Gasteiger partial charge < -0.3 is 9.47 Å². The highest BCUT2D eigenvalue weighted by atomic mass is 19.4. The molecule has 2 rings (SSSR count). The van der Waals surface area contributed by atoms with E-state index in [1.54, 1.807) is 0 Å². The number of rotatable bonds is 3. The van der Waals surface area contributed by atoms with Crippen LogP contribution in [0.15, 0.2) is 48.5 Å². The predicted molar refractivity (Wildman–Crippen MR) is 76.7 cm³/mol. The number of halogens is 3. The van der Waals surface area contributed by atoms with E-state index in [0.29, 0.717) is 12.2 Å². The van der Waals surface area contributed by atoms with Crippen molar-refractivity contribution in [3.05, 3.63) is 59.7 Å². The summed E-state index contributed by atoms with van der Waals surface area (Å²) in [4.78, 5) is 0. The van der Waals surface area contributed by atoms with Crippen LogP contribution >= 0.6 is 0 Å². The quantitative estimate of drug-likeness (QED) is 0.783. The molecular formula is C17H13F3O2. The number of hydrogen-bond acceptors (Lipinski definition) is 2. The van der Waals surface area contributed by atoms with E-state index >= 15 is 0 Å². The Morgan fingerprint density at radius 3 is 1.68 bits per heavy atom. The van der Waals surface area contributed by atoms with Gasteiger partial charge in [-0.2, -0.15) is 0 Å². The Balaban J connectivity index is 2.05. The second-order valence-electron chi connectivity index (χ2n) is 4.28. The molecule has 0 amide bonds. The third-order valence-electron chi connectivity index (χ3n) is 2.60. The van der Waals surface area contributed by atoms with Gasteiger partial charge in [-0.3, -0.25) is 0 Å². The van der Waals surface area contributed by atoms with E-state index in [4.69, 9.17) is 4.74 Å². The largest absolute Gasteiger partial charge is 0.573 e. The summed E-state index contributed by atoms with van der Waals surface area (Å²) in [5, 5.41) is 0. The summed E-state index contributed by atoms with van der Waals surface area (Å²) in [7, 11) is 0. The predicted octanol–water partition coefficient (Wildman–Crippen LogP) is 4.38. The summed E-state index contributed by atoms with van der Waals surface area (Å²) in [5.41, 5.74) is 1.39. The minimum Gasteiger partial charge on any atom is -0.494 e. The lowest BCUT2D eigenvalue weighted by molar-refractivity contribution is -0.274. The van der Waals surface area contributed by atoms with Crippen LogP contribution in [0.3, 0.4) is 0 Å². The van der Waals surface area contributed by atoms with Crippen LogP contribution in [0.1, 0.15) is 18.1 Å². The molecule has 0 aromatic heterocycles. The van der Waals surface area contributed by atoms with Crippen molar-refractivity contribution in [1.82, 2.24) is 0 Å². The van der Waals surface area contributed by atoms with Crippen molar-refractivity contribution in [3.8, 4) is 23.3 Å². The summed E-state index contributed by atoms with van der Waals surface area (Å²) in [6.45, 7) is 2.50. The minimum absolute atomic E-state index is 0.265. The summed E-state index contributed by atoms with van der Waals surface area (Å²) in [6, 6.07) is 12.7. The fraction of sp³-hybridized carbons (Fsp3) is 0.176. The molecule has 0 heterocycles. The molecule has 0 saturated heterocycles. The number of alkyl halides is 3. The summed E-state index contributed by atoms with van der Waals surface area (Å²) in [5.74, 6) is 6.30. The van der Waals surface area contributed by atoms with Crippen LogP contribution in [-0.4, -0.2) is 13.0 Å². The monoisotopic (exact) mass is 306 g/mol. The zero-order valence-corrected chi connectivity index (χ0v) is 11.8. The van der Waals surface area contributed by atoms with E-state index in [0.717, 1.165) is 11.3 Å². The third kappa shape index (κ3) is 5.06. The number of hydrogen-bond donors (Lipinski definition) is 0. The Bertz CT molecular complexity index is 662. The van der Waals surface area contributed by atoms with Crippen LogP contribution in [0.4, 0.5) is 13.2 Å². The van der Waals surface area contributed by atoms with Crippen molar-refractivity contribution in [3.63, 3.8) is 0 Å². The van der Waals surface area contributed by atoms with Crippen LogP contribution in [0.25, 0.3) is 0 Å². The Labute approximate surface area is 126 Å². The van der Waals surface area contributed by atoms with Crippen LogP contribution in [0.2, 0.25) is 0 Å². The van der Waals surface area contributed by atoms with Crippen molar-refractivity contribution in [1.29, 1.82) is 0 Å². The lowest BCUT2D eigenvalue weighted by atomic mass is 10.2. The topological polar surface area (TPSA) is 18.5 Å². The molecule has 0 N–H and O–H groups in total. The smallest absolute Gasteiger partial charge is 0.494 e. The van der Waals surface area contributed by atoms with Gasteiger partial charge in [0.25, 0.3) is 0 Å². The Morgan fingerprint density at radius 2 is 1.27 bits per heavy atom. The van der Waals surface area contributed by atoms with Gasteiger partial charge in [0.2, 0.25) is 0 Å². The van der Waals surface area contributed by atoms with Gasteiger partial charge in [-0.1, -0.05) is 11.8 Å². The van der Waals surface area contributed by atoms with E-state index in [9.17, 15) is 13.2 Å². The molecule has 0 fully saturated rings. The van der Waals surface area contributed by atoms with Gasteiger partial charge in [0, 0.05) is 11.1 Å². The molecule has 2 nitrogen and oxygen atoms in total. The van der Waals surface area contributed by atoms with Crippen molar-refractivity contribution >= 4 is 0 Å². The summed E-state index contributed by atoms with van der Waals surface area (Å²) < 4.78 is 45.2. The van der Waals surface area contributed by atoms with Gasteiger partial charge in [-0.25, -0.2) is 0 Å². The Kier molecular flexibility index (Phi) is 4.95. The average molecular weight is 306 g/mol. The first kappa shape index (κ1) is 15.8. The molecule has 0 unspecified atom stereocenters. The van der Waals surface area contributed by atoms with Crippen molar-refractivity contribution in [2.75, 3.05) is 6.61 Å². The zero-order valence-electron chi connectivity index (χ0n) is 11.8. The molecule has 0 radical (unpaired) electrons. The fourth-order valence-corrected chi connectivity index (χ4v) is 1.69. The SMILES string of the molecule is CCOc1ccc(C#Cc2ccc(OC(F)(F)F)cc2)cc1. The van der Waals surface area contributed by atoms with Crippen molar-refractivity contribution in [2.45, 2.75) is 13.3 Å². The van der Waals surface area contributed by atoms with Gasteiger partial charge >= 0.3 is 6.36 Å². The molecule has 0 saturated carbocycles. The minimum atomic E-state index is -4.69. The lowest BCUT2D eigenvalue weighted by Crippen LogP contribution is -2.16. The standard InChI is InChI=1S/C17H13F3O2/c1-2-21-15-9-5-13(6-10-15)3-4-14-7-11-16(12-8-14)22-17(18,19)20/h5-12H,2H2,1H3. The first-order chi connectivity index (χ1) is 10.5. The summed E-state index contributed by atoms with van der Waals surface area (Å²) >= 11 is 0. The molecule has 0 aliphatic rings. The second-order valence-corrected chi connectivity index (χ2v) is 4.28. The highest BCUT2D eigenvalue weighted by molar-refractivity contribution is 5.45. The van der Waals surface area contributed by atoms with Gasteiger partial charge in [0.1, 0.15) is 11.5 Å². The van der Waals surface area contributed by atoms with E-state index in [1.165, 1.54) is 24.3 Å². The molecule has 22 heavy (non-hydrogen) atoms. The van der Waals surface area contributed by atoms with Crippen LogP contribution in [0.5, 0.6) is 11.5 Å². The second kappa shape index (κ2) is 6.90. The number of benzene rings is 2. The highest BCUT2D eigenvalue weighted by Gasteiger charge is 2.30. The maximum atomic E-state index is 12.0. The van der Waals surface area contributed by atoms with Crippen LogP contribution in [-0.2, 0) is 0 Å². The third-order valence-corrected chi connectivity index (χ3v) is 2.60. The molecule has 5 heteroatoms. The molecule has 0 atom stereocenters. The molecule has 0 spiro atoms. The normalized spacial score (nSPS) is 10.5. The fourth-order valence-electron chi connectivity index (χ4n) is 1.69. The maximum Gasteiger partial charge on any atom is 0.573 e. The molecule has 2 aromatic rings. The van der Waals surface area contributed by atoms with Gasteiger partial charge in [-0.15, -0.1) is 13.2 Å². The van der Waals surface area contributed by atoms with Gasteiger partial charge in [0.05, 0.1) is 6.61 Å².